The molecule has 2 aromatic carbocycles. The van der Waals surface area contributed by atoms with Gasteiger partial charge in [0.15, 0.2) is 0 Å². The molecule has 0 amide bonds. The first-order valence-electron chi connectivity index (χ1n) is 17.8. The molecule has 8 heteroatoms. The van der Waals surface area contributed by atoms with Gasteiger partial charge < -0.3 is 28.1 Å². The second-order valence-electron chi connectivity index (χ2n) is 13.5. The summed E-state index contributed by atoms with van der Waals surface area (Å²) in [5.74, 6) is -0.228. The summed E-state index contributed by atoms with van der Waals surface area (Å²) in [6.07, 6.45) is 21.2. The number of benzene rings is 2. The average Bonchev–Trinajstić information content (AvgIpc) is 3.10. The molecule has 0 fully saturated rings. The fourth-order valence-corrected chi connectivity index (χ4v) is 10.6. The van der Waals surface area contributed by atoms with Gasteiger partial charge in [0.1, 0.15) is 6.79 Å². The first-order chi connectivity index (χ1) is 24.1. The zero-order chi connectivity index (χ0) is 36.7. The Balaban J connectivity index is 1.96. The highest BCUT2D eigenvalue weighted by molar-refractivity contribution is 6.99. The van der Waals surface area contributed by atoms with Gasteiger partial charge in [-0.2, -0.15) is 0 Å². The molecule has 0 spiro atoms. The number of esters is 1. The summed E-state index contributed by atoms with van der Waals surface area (Å²) in [6, 6.07) is 21.4. The maximum absolute atomic E-state index is 11.0. The van der Waals surface area contributed by atoms with Crippen molar-refractivity contribution in [2.75, 3.05) is 34.7 Å². The minimum absolute atomic E-state index is 0.0152. The van der Waals surface area contributed by atoms with E-state index in [-0.39, 0.29) is 42.2 Å². The van der Waals surface area contributed by atoms with Crippen LogP contribution in [0.3, 0.4) is 0 Å². The van der Waals surface area contributed by atoms with E-state index in [9.17, 15) is 4.79 Å². The molecule has 0 unspecified atom stereocenters. The molecule has 0 N–H and O–H groups in total. The lowest BCUT2D eigenvalue weighted by Crippen LogP contribution is -2.66. The van der Waals surface area contributed by atoms with Gasteiger partial charge >= 0.3 is 5.97 Å². The first-order valence-corrected chi connectivity index (χ1v) is 19.7. The van der Waals surface area contributed by atoms with Crippen molar-refractivity contribution in [1.82, 2.24) is 0 Å². The van der Waals surface area contributed by atoms with Crippen LogP contribution in [0.4, 0.5) is 0 Å². The third kappa shape index (κ3) is 15.4. The summed E-state index contributed by atoms with van der Waals surface area (Å²) >= 11 is 0. The zero-order valence-corrected chi connectivity index (χ0v) is 32.7. The van der Waals surface area contributed by atoms with E-state index in [2.05, 4.69) is 106 Å². The molecule has 0 aliphatic rings. The second-order valence-corrected chi connectivity index (χ2v) is 17.8. The van der Waals surface area contributed by atoms with Crippen LogP contribution < -0.4 is 10.4 Å². The van der Waals surface area contributed by atoms with Gasteiger partial charge in [0.05, 0.1) is 24.4 Å². The Bertz CT molecular complexity index is 1260. The van der Waals surface area contributed by atoms with E-state index in [0.717, 1.165) is 32.1 Å². The molecule has 2 aromatic rings. The van der Waals surface area contributed by atoms with Crippen molar-refractivity contribution < 1.29 is 32.9 Å². The molecule has 0 aromatic heterocycles. The summed E-state index contributed by atoms with van der Waals surface area (Å²) < 4.78 is 35.0. The van der Waals surface area contributed by atoms with Gasteiger partial charge in [0.25, 0.3) is 8.32 Å². The van der Waals surface area contributed by atoms with E-state index in [4.69, 9.17) is 28.1 Å². The summed E-state index contributed by atoms with van der Waals surface area (Å²) in [4.78, 5) is 11.0. The van der Waals surface area contributed by atoms with Gasteiger partial charge in [-0.15, -0.1) is 0 Å². The Kier molecular flexibility index (Phi) is 20.8. The third-order valence-electron chi connectivity index (χ3n) is 8.56. The van der Waals surface area contributed by atoms with Crippen molar-refractivity contribution in [3.8, 4) is 0 Å². The summed E-state index contributed by atoms with van der Waals surface area (Å²) in [5, 5.41) is 2.44. The van der Waals surface area contributed by atoms with E-state index >= 15 is 0 Å². The average molecular weight is 707 g/mol. The molecule has 276 valence electrons. The Morgan fingerprint density at radius 3 is 1.94 bits per heavy atom. The van der Waals surface area contributed by atoms with Crippen LogP contribution in [0.25, 0.3) is 0 Å². The lowest BCUT2D eigenvalue weighted by Gasteiger charge is -2.43. The predicted octanol–water partition coefficient (Wildman–Crippen LogP) is 8.10. The van der Waals surface area contributed by atoms with E-state index in [1.165, 1.54) is 17.3 Å². The minimum Gasteiger partial charge on any atom is -0.463 e. The van der Waals surface area contributed by atoms with Crippen molar-refractivity contribution in [2.45, 2.75) is 103 Å². The number of allylic oxidation sites excluding steroid dienone is 5. The first kappa shape index (κ1) is 43.1. The summed E-state index contributed by atoms with van der Waals surface area (Å²) in [7, 11) is 2.48. The quantitative estimate of drug-likeness (QED) is 0.0359. The van der Waals surface area contributed by atoms with Crippen molar-refractivity contribution >= 4 is 24.7 Å². The van der Waals surface area contributed by atoms with Crippen LogP contribution >= 0.6 is 0 Å². The van der Waals surface area contributed by atoms with Crippen LogP contribution in [0.5, 0.6) is 0 Å². The maximum atomic E-state index is 11.0. The number of ether oxygens (including phenoxy) is 5. The maximum Gasteiger partial charge on any atom is 0.302 e. The summed E-state index contributed by atoms with van der Waals surface area (Å²) in [5.41, 5.74) is 0. The number of carbonyl (C=O) groups is 1. The molecule has 7 nitrogen and oxygen atoms in total. The van der Waals surface area contributed by atoms with Gasteiger partial charge in [0.2, 0.25) is 0 Å². The van der Waals surface area contributed by atoms with E-state index in [1.54, 1.807) is 21.3 Å². The monoisotopic (exact) mass is 706 g/mol. The van der Waals surface area contributed by atoms with Gasteiger partial charge in [0, 0.05) is 41.3 Å². The van der Waals surface area contributed by atoms with Crippen LogP contribution in [-0.4, -0.2) is 73.4 Å². The van der Waals surface area contributed by atoms with Crippen LogP contribution in [0.2, 0.25) is 5.04 Å². The SMILES string of the molecule is COCO[C@H](/C=C/C=C\C[C@@H](C[C@H](/C=C/C=C/CCC[C@@H](C)OC(C)=O)OC)OC)CCO[Si](c1ccccc1)(c1ccccc1)C(C)(C)C. The molecule has 0 bridgehead atoms. The standard InChI is InChI=1S/C42H62O7Si/c1-35(49-36(2)43)23-15-10-9-11-16-25-38(45-7)33-39(46-8)26-18-12-17-24-37(47-34-44-6)31-32-48-50(42(3,4)5,40-27-19-13-20-28-40)41-29-21-14-22-30-41/h9,11-14,16-22,24-25,27-30,35,37-39H,10,15,23,26,31-34H2,1-8H3/b11-9+,18-12-,24-17+,25-16+/t35-,37-,38+,39+/m1/s1. The molecule has 4 atom stereocenters. The highest BCUT2D eigenvalue weighted by atomic mass is 28.4. The molecule has 0 radical (unpaired) electrons. The second kappa shape index (κ2) is 24.1. The van der Waals surface area contributed by atoms with Gasteiger partial charge in [-0.1, -0.05) is 130 Å². The van der Waals surface area contributed by atoms with Crippen LogP contribution in [-0.2, 0) is 32.9 Å². The molecule has 2 rings (SSSR count). The lowest BCUT2D eigenvalue weighted by molar-refractivity contribution is -0.145. The Morgan fingerprint density at radius 1 is 0.800 bits per heavy atom. The number of unbranched alkanes of at least 4 members (excludes halogenated alkanes) is 1. The minimum atomic E-state index is -2.62. The lowest BCUT2D eigenvalue weighted by atomic mass is 10.1. The van der Waals surface area contributed by atoms with E-state index in [1.807, 2.05) is 31.2 Å². The topological polar surface area (TPSA) is 72.5 Å². The third-order valence-corrected chi connectivity index (χ3v) is 13.6. The van der Waals surface area contributed by atoms with Gasteiger partial charge in [-0.05, 0) is 54.4 Å². The molecule has 0 heterocycles. The molecule has 0 aliphatic carbocycles. The number of hydrogen-bond acceptors (Lipinski definition) is 7. The summed E-state index contributed by atoms with van der Waals surface area (Å²) in [6.45, 7) is 11.0. The molecule has 0 saturated carbocycles. The van der Waals surface area contributed by atoms with Crippen LogP contribution in [0.1, 0.15) is 73.1 Å². The normalized spacial score (nSPS) is 15.3. The van der Waals surface area contributed by atoms with Crippen molar-refractivity contribution in [2.24, 2.45) is 0 Å². The highest BCUT2D eigenvalue weighted by Gasteiger charge is 2.50. The van der Waals surface area contributed by atoms with Crippen molar-refractivity contribution in [1.29, 1.82) is 0 Å². The molecular weight excluding hydrogens is 645 g/mol. The smallest absolute Gasteiger partial charge is 0.302 e. The molecular formula is C42H62O7Si. The highest BCUT2D eigenvalue weighted by Crippen LogP contribution is 2.37. The fraction of sp³-hybridized carbons (Fsp3) is 0.500. The zero-order valence-electron chi connectivity index (χ0n) is 31.7. The van der Waals surface area contributed by atoms with Crippen LogP contribution in [0.15, 0.2) is 109 Å². The molecule has 0 aliphatic heterocycles. The number of hydrogen-bond donors (Lipinski definition) is 0. The van der Waals surface area contributed by atoms with E-state index < -0.39 is 8.32 Å². The molecule has 0 saturated heterocycles. The number of rotatable bonds is 24. The Labute approximate surface area is 303 Å². The molecule has 50 heavy (non-hydrogen) atoms. The largest absolute Gasteiger partial charge is 0.463 e. The van der Waals surface area contributed by atoms with Crippen LogP contribution in [0, 0.1) is 0 Å². The van der Waals surface area contributed by atoms with Crippen molar-refractivity contribution in [3.05, 3.63) is 109 Å². The van der Waals surface area contributed by atoms with Gasteiger partial charge in [-0.3, -0.25) is 4.79 Å². The Morgan fingerprint density at radius 2 is 1.40 bits per heavy atom. The van der Waals surface area contributed by atoms with Gasteiger partial charge in [-0.25, -0.2) is 0 Å². The number of methoxy groups -OCH3 is 3. The van der Waals surface area contributed by atoms with Crippen molar-refractivity contribution in [3.63, 3.8) is 0 Å². The van der Waals surface area contributed by atoms with E-state index in [0.29, 0.717) is 13.0 Å². The number of carbonyl (C=O) groups excluding carboxylic acids is 1. The Hall–Kier alpha value is -3.11. The predicted molar refractivity (Wildman–Crippen MR) is 207 cm³/mol. The fourth-order valence-electron chi connectivity index (χ4n) is 6.01.